The molecule has 1 N–H and O–H groups in total. The SMILES string of the molecule is CCc1nccn1C1(C(=O)O)CCCCC1. The number of carboxylic acids is 1. The van der Waals surface area contributed by atoms with Crippen molar-refractivity contribution in [3.8, 4) is 0 Å². The zero-order valence-corrected chi connectivity index (χ0v) is 9.65. The second-order valence-electron chi connectivity index (χ2n) is 4.46. The second kappa shape index (κ2) is 4.28. The molecule has 16 heavy (non-hydrogen) atoms. The third kappa shape index (κ3) is 1.62. The molecule has 1 fully saturated rings. The van der Waals surface area contributed by atoms with E-state index >= 15 is 0 Å². The Hall–Kier alpha value is -1.32. The molecule has 1 aromatic heterocycles. The molecule has 4 heteroatoms. The molecule has 0 aliphatic heterocycles. The average molecular weight is 222 g/mol. The number of carboxylic acid groups (broad SMARTS) is 1. The number of aromatic nitrogens is 2. The molecule has 0 amide bonds. The number of aliphatic carboxylic acids is 1. The molecule has 1 aliphatic rings. The van der Waals surface area contributed by atoms with Crippen molar-refractivity contribution in [1.29, 1.82) is 0 Å². The third-order valence-corrected chi connectivity index (χ3v) is 3.57. The van der Waals surface area contributed by atoms with Gasteiger partial charge in [-0.15, -0.1) is 0 Å². The highest BCUT2D eigenvalue weighted by Crippen LogP contribution is 2.36. The average Bonchev–Trinajstić information content (AvgIpc) is 2.78. The number of nitrogens with zero attached hydrogens (tertiary/aromatic N) is 2. The largest absolute Gasteiger partial charge is 0.479 e. The van der Waals surface area contributed by atoms with Crippen LogP contribution in [0.3, 0.4) is 0 Å². The summed E-state index contributed by atoms with van der Waals surface area (Å²) in [4.78, 5) is 15.8. The van der Waals surface area contributed by atoms with Gasteiger partial charge in [0.1, 0.15) is 11.4 Å². The summed E-state index contributed by atoms with van der Waals surface area (Å²) < 4.78 is 1.88. The maximum atomic E-state index is 11.6. The molecule has 1 heterocycles. The lowest BCUT2D eigenvalue weighted by Crippen LogP contribution is -2.44. The topological polar surface area (TPSA) is 55.1 Å². The van der Waals surface area contributed by atoms with Crippen LogP contribution in [-0.4, -0.2) is 20.6 Å². The van der Waals surface area contributed by atoms with Crippen molar-refractivity contribution in [1.82, 2.24) is 9.55 Å². The highest BCUT2D eigenvalue weighted by molar-refractivity contribution is 5.77. The van der Waals surface area contributed by atoms with Gasteiger partial charge < -0.3 is 9.67 Å². The van der Waals surface area contributed by atoms with Gasteiger partial charge in [-0.3, -0.25) is 0 Å². The van der Waals surface area contributed by atoms with E-state index in [0.717, 1.165) is 44.3 Å². The third-order valence-electron chi connectivity index (χ3n) is 3.57. The van der Waals surface area contributed by atoms with Crippen molar-refractivity contribution in [2.24, 2.45) is 0 Å². The van der Waals surface area contributed by atoms with Gasteiger partial charge in [-0.25, -0.2) is 9.78 Å². The Bertz CT molecular complexity index is 378. The lowest BCUT2D eigenvalue weighted by atomic mass is 9.81. The van der Waals surface area contributed by atoms with Crippen LogP contribution in [0.15, 0.2) is 12.4 Å². The number of imidazole rings is 1. The van der Waals surface area contributed by atoms with E-state index < -0.39 is 11.5 Å². The summed E-state index contributed by atoms with van der Waals surface area (Å²) in [6.45, 7) is 2.01. The first-order chi connectivity index (χ1) is 7.70. The molecule has 0 spiro atoms. The zero-order chi connectivity index (χ0) is 11.6. The van der Waals surface area contributed by atoms with Crippen molar-refractivity contribution in [3.05, 3.63) is 18.2 Å². The van der Waals surface area contributed by atoms with Crippen molar-refractivity contribution in [2.45, 2.75) is 51.0 Å². The standard InChI is InChI=1S/C12H18N2O2/c1-2-10-13-8-9-14(10)12(11(15)16)6-4-3-5-7-12/h8-9H,2-7H2,1H3,(H,15,16). The predicted molar refractivity (Wildman–Crippen MR) is 60.3 cm³/mol. The minimum Gasteiger partial charge on any atom is -0.479 e. The van der Waals surface area contributed by atoms with Crippen LogP contribution in [0.5, 0.6) is 0 Å². The van der Waals surface area contributed by atoms with Crippen molar-refractivity contribution in [3.63, 3.8) is 0 Å². The van der Waals surface area contributed by atoms with Crippen LogP contribution in [0.4, 0.5) is 0 Å². The molecule has 2 rings (SSSR count). The van der Waals surface area contributed by atoms with Gasteiger partial charge in [0.15, 0.2) is 0 Å². The van der Waals surface area contributed by atoms with E-state index in [4.69, 9.17) is 0 Å². The second-order valence-corrected chi connectivity index (χ2v) is 4.46. The summed E-state index contributed by atoms with van der Waals surface area (Å²) in [6.07, 6.45) is 8.89. The summed E-state index contributed by atoms with van der Waals surface area (Å²) in [5.74, 6) is 0.171. The van der Waals surface area contributed by atoms with Gasteiger partial charge in [-0.2, -0.15) is 0 Å². The normalized spacial score (nSPS) is 19.6. The Morgan fingerprint density at radius 1 is 1.50 bits per heavy atom. The fourth-order valence-electron chi connectivity index (χ4n) is 2.68. The first-order valence-electron chi connectivity index (χ1n) is 5.97. The fourth-order valence-corrected chi connectivity index (χ4v) is 2.68. The van der Waals surface area contributed by atoms with E-state index in [1.807, 2.05) is 17.7 Å². The van der Waals surface area contributed by atoms with E-state index in [1.165, 1.54) is 0 Å². The number of carbonyl (C=O) groups is 1. The smallest absolute Gasteiger partial charge is 0.329 e. The molecule has 1 aromatic rings. The van der Waals surface area contributed by atoms with Crippen LogP contribution in [0, 0.1) is 0 Å². The van der Waals surface area contributed by atoms with E-state index in [0.29, 0.717) is 0 Å². The van der Waals surface area contributed by atoms with Gasteiger partial charge in [-0.05, 0) is 12.8 Å². The quantitative estimate of drug-likeness (QED) is 0.852. The monoisotopic (exact) mass is 222 g/mol. The van der Waals surface area contributed by atoms with E-state index in [9.17, 15) is 9.90 Å². The molecule has 88 valence electrons. The number of rotatable bonds is 3. The molecular weight excluding hydrogens is 204 g/mol. The van der Waals surface area contributed by atoms with E-state index in [2.05, 4.69) is 4.98 Å². The maximum absolute atomic E-state index is 11.6. The molecular formula is C12H18N2O2. The van der Waals surface area contributed by atoms with Crippen molar-refractivity contribution < 1.29 is 9.90 Å². The van der Waals surface area contributed by atoms with E-state index in [1.54, 1.807) is 6.20 Å². The van der Waals surface area contributed by atoms with Crippen molar-refractivity contribution in [2.75, 3.05) is 0 Å². The molecule has 0 radical (unpaired) electrons. The molecule has 0 saturated heterocycles. The maximum Gasteiger partial charge on any atom is 0.329 e. The molecule has 1 saturated carbocycles. The summed E-state index contributed by atoms with van der Waals surface area (Å²) in [5.41, 5.74) is -0.736. The number of hydrogen-bond donors (Lipinski definition) is 1. The van der Waals surface area contributed by atoms with Crippen LogP contribution in [-0.2, 0) is 16.8 Å². The van der Waals surface area contributed by atoms with Crippen LogP contribution in [0.2, 0.25) is 0 Å². The van der Waals surface area contributed by atoms with Gasteiger partial charge in [0, 0.05) is 18.8 Å². The number of hydrogen-bond acceptors (Lipinski definition) is 2. The Labute approximate surface area is 95.3 Å². The summed E-state index contributed by atoms with van der Waals surface area (Å²) in [7, 11) is 0. The minimum absolute atomic E-state index is 0.708. The Morgan fingerprint density at radius 3 is 2.75 bits per heavy atom. The van der Waals surface area contributed by atoms with Crippen molar-refractivity contribution >= 4 is 5.97 Å². The lowest BCUT2D eigenvalue weighted by Gasteiger charge is -2.35. The molecule has 0 unspecified atom stereocenters. The predicted octanol–water partition coefficient (Wildman–Crippen LogP) is 2.19. The summed E-state index contributed by atoms with van der Waals surface area (Å²) in [5, 5.41) is 9.53. The fraction of sp³-hybridized carbons (Fsp3) is 0.667. The van der Waals surface area contributed by atoms with Crippen LogP contribution < -0.4 is 0 Å². The Kier molecular flexibility index (Phi) is 2.99. The molecule has 0 bridgehead atoms. The van der Waals surface area contributed by atoms with Gasteiger partial charge in [0.05, 0.1) is 0 Å². The summed E-state index contributed by atoms with van der Waals surface area (Å²) >= 11 is 0. The number of aryl methyl sites for hydroxylation is 1. The highest BCUT2D eigenvalue weighted by atomic mass is 16.4. The van der Waals surface area contributed by atoms with Crippen LogP contribution >= 0.6 is 0 Å². The molecule has 4 nitrogen and oxygen atoms in total. The van der Waals surface area contributed by atoms with Gasteiger partial charge in [0.2, 0.25) is 0 Å². The minimum atomic E-state index is -0.736. The van der Waals surface area contributed by atoms with E-state index in [-0.39, 0.29) is 0 Å². The zero-order valence-electron chi connectivity index (χ0n) is 9.65. The first-order valence-corrected chi connectivity index (χ1v) is 5.97. The Balaban J connectivity index is 2.42. The van der Waals surface area contributed by atoms with Gasteiger partial charge >= 0.3 is 5.97 Å². The molecule has 0 atom stereocenters. The molecule has 0 aromatic carbocycles. The Morgan fingerprint density at radius 2 is 2.19 bits per heavy atom. The molecule has 1 aliphatic carbocycles. The highest BCUT2D eigenvalue weighted by Gasteiger charge is 2.42. The van der Waals surface area contributed by atoms with Gasteiger partial charge in [-0.1, -0.05) is 26.2 Å². The van der Waals surface area contributed by atoms with Gasteiger partial charge in [0.25, 0.3) is 0 Å². The summed E-state index contributed by atoms with van der Waals surface area (Å²) in [6, 6.07) is 0. The lowest BCUT2D eigenvalue weighted by molar-refractivity contribution is -0.149. The first kappa shape index (κ1) is 11.2. The van der Waals surface area contributed by atoms with Crippen LogP contribution in [0.1, 0.15) is 44.9 Å². The van der Waals surface area contributed by atoms with Crippen LogP contribution in [0.25, 0.3) is 0 Å².